The van der Waals surface area contributed by atoms with Gasteiger partial charge >= 0.3 is 24.0 Å². The van der Waals surface area contributed by atoms with Gasteiger partial charge in [0.15, 0.2) is 17.7 Å². The molecule has 1 aromatic carbocycles. The van der Waals surface area contributed by atoms with Gasteiger partial charge in [-0.25, -0.2) is 9.59 Å². The van der Waals surface area contributed by atoms with Gasteiger partial charge in [-0.1, -0.05) is 52.8 Å². The van der Waals surface area contributed by atoms with Crippen molar-refractivity contribution in [2.75, 3.05) is 13.7 Å². The lowest BCUT2D eigenvalue weighted by atomic mass is 9.41. The molecular weight excluding hydrogens is 794 g/mol. The van der Waals surface area contributed by atoms with Crippen LogP contribution in [0.2, 0.25) is 0 Å². The van der Waals surface area contributed by atoms with Crippen LogP contribution in [-0.4, -0.2) is 124 Å². The van der Waals surface area contributed by atoms with Crippen LogP contribution in [0.4, 0.5) is 4.79 Å². The first-order valence-electron chi connectivity index (χ1n) is 20.5. The Morgan fingerprint density at radius 2 is 1.56 bits per heavy atom. The average molecular weight is 860 g/mol. The molecule has 1 heterocycles. The van der Waals surface area contributed by atoms with E-state index >= 15 is 0 Å². The van der Waals surface area contributed by atoms with E-state index in [1.807, 2.05) is 20.8 Å². The van der Waals surface area contributed by atoms with Crippen LogP contribution in [0.25, 0.3) is 0 Å². The number of ketones is 2. The highest BCUT2D eigenvalue weighted by Gasteiger charge is 2.77. The van der Waals surface area contributed by atoms with Crippen molar-refractivity contribution in [2.45, 2.75) is 156 Å². The molecule has 1 aliphatic heterocycles. The second-order valence-corrected chi connectivity index (χ2v) is 19.8. The van der Waals surface area contributed by atoms with E-state index < -0.39 is 111 Å². The number of ether oxygens (including phenoxy) is 5. The number of carbonyl (C=O) groups is 6. The molecule has 0 radical (unpaired) electrons. The molecule has 3 fully saturated rings. The number of carbonyl (C=O) groups excluding carboxylic acids is 6. The molecular formula is C45H65NO15. The summed E-state index contributed by atoms with van der Waals surface area (Å²) in [5.74, 6) is -4.48. The number of fused-ring (bicyclic) bond motifs is 5. The van der Waals surface area contributed by atoms with Gasteiger partial charge in [0.1, 0.15) is 23.4 Å². The molecule has 5 N–H and O–H groups in total. The highest BCUT2D eigenvalue weighted by Crippen LogP contribution is 2.67. The van der Waals surface area contributed by atoms with Crippen LogP contribution in [0.15, 0.2) is 41.5 Å². The maximum absolute atomic E-state index is 14.9. The number of methoxy groups -OCH3 is 1. The molecule has 1 aromatic rings. The van der Waals surface area contributed by atoms with Gasteiger partial charge < -0.3 is 49.4 Å². The molecule has 1 amide bonds. The Kier molecular flexibility index (Phi) is 14.2. The number of hydrogen-bond acceptors (Lipinski definition) is 15. The SMILES string of the molecule is CC(=O)[C@H](O)C(NC(=O)OC(C)(C)C)C(C)(C)C.COC(=O)C[C@@]12CO[C@@H]1C[C@H](O)[C@@]1(C)C(=O)[C@H](OC(C)=O)C3=C(C)C(O)C[C@@](O)([C@@H](OC(=O)c4ccccc4)C21)C3(C)C. The standard InChI is InChI=1S/C32H40O11.C13H25NO4/c1-16-19(34)13-32(39)27(43-28(38)18-10-8-7-9-11-18)25-30(5,26(37)24(42-17(2)33)23(16)29(32,3)4)20(35)12-21-31(25,15-41-21)14-22(36)40-6;1-8(15)9(16)10(12(2,3)4)14-11(17)18-13(5,6)7/h7-11,19-21,24-25,27,34-35,39H,12-15H2,1-6H3;9-10,16H,1-7H3,(H,14,17)/t19?,20-,21+,24+,25?,27-,30+,31+,32+;9-,10?/m00/s1. The zero-order valence-electron chi connectivity index (χ0n) is 37.6. The van der Waals surface area contributed by atoms with E-state index in [1.165, 1.54) is 21.0 Å². The fourth-order valence-electron chi connectivity index (χ4n) is 9.75. The maximum atomic E-state index is 14.9. The van der Waals surface area contributed by atoms with Gasteiger partial charge in [0.05, 0.1) is 55.5 Å². The van der Waals surface area contributed by atoms with E-state index in [1.54, 1.807) is 71.9 Å². The smallest absolute Gasteiger partial charge is 0.407 e. The molecule has 61 heavy (non-hydrogen) atoms. The first kappa shape index (κ1) is 49.4. The number of rotatable bonds is 8. The molecule has 1 saturated heterocycles. The third kappa shape index (κ3) is 9.29. The third-order valence-corrected chi connectivity index (χ3v) is 13.1. The molecule has 3 unspecified atom stereocenters. The van der Waals surface area contributed by atoms with Crippen LogP contribution in [0.5, 0.6) is 0 Å². The topological polar surface area (TPSA) is 242 Å². The molecule has 11 atom stereocenters. The number of aliphatic hydroxyl groups excluding tert-OH is 3. The highest BCUT2D eigenvalue weighted by atomic mass is 16.6. The molecule has 3 aliphatic carbocycles. The van der Waals surface area contributed by atoms with Crippen LogP contribution in [0, 0.1) is 27.6 Å². The van der Waals surface area contributed by atoms with Crippen molar-refractivity contribution in [3.63, 3.8) is 0 Å². The summed E-state index contributed by atoms with van der Waals surface area (Å²) in [7, 11) is 1.23. The lowest BCUT2D eigenvalue weighted by Gasteiger charge is -2.68. The van der Waals surface area contributed by atoms with E-state index in [0.717, 1.165) is 6.92 Å². The van der Waals surface area contributed by atoms with Crippen molar-refractivity contribution in [3.8, 4) is 0 Å². The van der Waals surface area contributed by atoms with Crippen molar-refractivity contribution >= 4 is 35.6 Å². The van der Waals surface area contributed by atoms with E-state index in [-0.39, 0.29) is 42.8 Å². The highest BCUT2D eigenvalue weighted by molar-refractivity contribution is 5.95. The molecule has 0 aromatic heterocycles. The predicted molar refractivity (Wildman–Crippen MR) is 219 cm³/mol. The largest absolute Gasteiger partial charge is 0.469 e. The van der Waals surface area contributed by atoms with Crippen LogP contribution in [-0.2, 0) is 42.9 Å². The van der Waals surface area contributed by atoms with Crippen LogP contribution < -0.4 is 5.32 Å². The number of esters is 3. The van der Waals surface area contributed by atoms with Crippen molar-refractivity contribution in [1.29, 1.82) is 0 Å². The molecule has 2 saturated carbocycles. The average Bonchev–Trinajstić information content (AvgIpc) is 3.14. The summed E-state index contributed by atoms with van der Waals surface area (Å²) in [5, 5.41) is 48.4. The van der Waals surface area contributed by atoms with E-state index in [9.17, 15) is 49.2 Å². The monoisotopic (exact) mass is 859 g/mol. The van der Waals surface area contributed by atoms with Crippen LogP contribution in [0.1, 0.15) is 113 Å². The number of hydrogen-bond donors (Lipinski definition) is 5. The summed E-state index contributed by atoms with van der Waals surface area (Å²) in [4.78, 5) is 77.0. The van der Waals surface area contributed by atoms with Crippen molar-refractivity contribution < 1.29 is 72.9 Å². The van der Waals surface area contributed by atoms with Crippen molar-refractivity contribution in [1.82, 2.24) is 5.32 Å². The molecule has 4 aliphatic rings. The minimum absolute atomic E-state index is 0.0373. The summed E-state index contributed by atoms with van der Waals surface area (Å²) < 4.78 is 28.0. The van der Waals surface area contributed by atoms with E-state index in [4.69, 9.17) is 23.7 Å². The lowest BCUT2D eigenvalue weighted by molar-refractivity contribution is -0.320. The molecule has 340 valence electrons. The number of nitrogens with one attached hydrogen (secondary N) is 1. The van der Waals surface area contributed by atoms with E-state index in [2.05, 4.69) is 5.32 Å². The quantitative estimate of drug-likeness (QED) is 0.142. The van der Waals surface area contributed by atoms with Gasteiger partial charge in [0, 0.05) is 36.5 Å². The Hall–Kier alpha value is -4.22. The second-order valence-electron chi connectivity index (χ2n) is 19.8. The summed E-state index contributed by atoms with van der Waals surface area (Å²) in [6, 6.07) is 7.43. The van der Waals surface area contributed by atoms with Gasteiger partial charge in [-0.3, -0.25) is 19.2 Å². The minimum Gasteiger partial charge on any atom is -0.469 e. The number of alkyl carbamates (subject to hydrolysis) is 1. The molecule has 16 heteroatoms. The number of amides is 1. The Bertz CT molecular complexity index is 1900. The predicted octanol–water partition coefficient (Wildman–Crippen LogP) is 3.78. The van der Waals surface area contributed by atoms with Crippen molar-refractivity contribution in [2.24, 2.45) is 27.6 Å². The van der Waals surface area contributed by atoms with Crippen LogP contribution >= 0.6 is 0 Å². The number of aliphatic hydroxyl groups is 4. The first-order valence-corrected chi connectivity index (χ1v) is 20.5. The minimum atomic E-state index is -2.07. The molecule has 0 spiro atoms. The maximum Gasteiger partial charge on any atom is 0.407 e. The zero-order chi connectivity index (χ0) is 46.4. The van der Waals surface area contributed by atoms with Crippen molar-refractivity contribution in [3.05, 3.63) is 47.0 Å². The zero-order valence-corrected chi connectivity index (χ0v) is 37.6. The van der Waals surface area contributed by atoms with Gasteiger partial charge in [0.2, 0.25) is 0 Å². The lowest BCUT2D eigenvalue weighted by Crippen LogP contribution is -2.78. The normalized spacial score (nSPS) is 32.6. The number of Topliss-reactive ketones (excluding diaryl/α,β-unsaturated/α-hetero) is 2. The Morgan fingerprint density at radius 3 is 2.03 bits per heavy atom. The Morgan fingerprint density at radius 1 is 0.967 bits per heavy atom. The number of benzene rings is 1. The summed E-state index contributed by atoms with van der Waals surface area (Å²) in [6.07, 6.45) is -9.01. The van der Waals surface area contributed by atoms with Gasteiger partial charge in [-0.05, 0) is 70.2 Å². The molecule has 2 bridgehead atoms. The summed E-state index contributed by atoms with van der Waals surface area (Å²) >= 11 is 0. The fourth-order valence-corrected chi connectivity index (χ4v) is 9.75. The Balaban J connectivity index is 0.000000385. The van der Waals surface area contributed by atoms with E-state index in [0.29, 0.717) is 5.57 Å². The molecule has 16 nitrogen and oxygen atoms in total. The van der Waals surface area contributed by atoms with Gasteiger partial charge in [-0.15, -0.1) is 0 Å². The third-order valence-electron chi connectivity index (χ3n) is 13.1. The second kappa shape index (κ2) is 17.5. The molecule has 5 rings (SSSR count). The van der Waals surface area contributed by atoms with Gasteiger partial charge in [-0.2, -0.15) is 0 Å². The first-order chi connectivity index (χ1) is 27.9. The van der Waals surface area contributed by atoms with Gasteiger partial charge in [0.25, 0.3) is 0 Å². The fraction of sp³-hybridized carbons (Fsp3) is 0.689. The Labute approximate surface area is 357 Å². The van der Waals surface area contributed by atoms with Crippen LogP contribution in [0.3, 0.4) is 0 Å². The summed E-state index contributed by atoms with van der Waals surface area (Å²) in [5.41, 5.74) is -6.89. The summed E-state index contributed by atoms with van der Waals surface area (Å²) in [6.45, 7) is 19.5.